The maximum atomic E-state index is 12.2. The second kappa shape index (κ2) is 10.0. The molecular formula is C20H28N2O6. The number of carbonyl (C=O) groups excluding carboxylic acids is 1. The number of rotatable bonds is 10. The first-order valence-electron chi connectivity index (χ1n) is 9.00. The molecule has 8 nitrogen and oxygen atoms in total. The third-order valence-electron chi connectivity index (χ3n) is 4.43. The van der Waals surface area contributed by atoms with Gasteiger partial charge in [0.1, 0.15) is 5.69 Å². The number of H-pyrrole nitrogens is 1. The molecular weight excluding hydrogens is 364 g/mol. The van der Waals surface area contributed by atoms with E-state index >= 15 is 0 Å². The van der Waals surface area contributed by atoms with E-state index in [0.29, 0.717) is 40.5 Å². The Morgan fingerprint density at radius 2 is 1.82 bits per heavy atom. The summed E-state index contributed by atoms with van der Waals surface area (Å²) in [5.74, 6) is 0.845. The first-order valence-corrected chi connectivity index (χ1v) is 9.00. The Hall–Kier alpha value is -2.71. The van der Waals surface area contributed by atoms with Crippen molar-refractivity contribution in [2.45, 2.75) is 26.5 Å². The molecule has 1 aromatic carbocycles. The van der Waals surface area contributed by atoms with Crippen LogP contribution in [0.5, 0.6) is 17.2 Å². The molecule has 2 aromatic rings. The Morgan fingerprint density at radius 1 is 1.11 bits per heavy atom. The molecule has 3 N–H and O–H groups in total. The van der Waals surface area contributed by atoms with Crippen molar-refractivity contribution in [1.82, 2.24) is 10.3 Å². The lowest BCUT2D eigenvalue weighted by Crippen LogP contribution is -2.15. The van der Waals surface area contributed by atoms with Gasteiger partial charge in [0.15, 0.2) is 11.5 Å². The number of aromatic amines is 1. The van der Waals surface area contributed by atoms with Crippen molar-refractivity contribution in [1.29, 1.82) is 0 Å². The van der Waals surface area contributed by atoms with Gasteiger partial charge in [-0.25, -0.2) is 4.79 Å². The van der Waals surface area contributed by atoms with Gasteiger partial charge >= 0.3 is 5.97 Å². The number of hydrogen-bond donors (Lipinski definition) is 3. The highest BCUT2D eigenvalue weighted by molar-refractivity contribution is 5.94. The van der Waals surface area contributed by atoms with Crippen molar-refractivity contribution in [3.63, 3.8) is 0 Å². The number of nitrogens with one attached hydrogen (secondary N) is 2. The molecule has 28 heavy (non-hydrogen) atoms. The van der Waals surface area contributed by atoms with Crippen LogP contribution in [0.25, 0.3) is 11.1 Å². The van der Waals surface area contributed by atoms with Gasteiger partial charge in [-0.05, 0) is 25.1 Å². The van der Waals surface area contributed by atoms with Crippen molar-refractivity contribution in [3.05, 3.63) is 29.1 Å². The van der Waals surface area contributed by atoms with Crippen molar-refractivity contribution in [2.24, 2.45) is 0 Å². The molecule has 0 saturated heterocycles. The van der Waals surface area contributed by atoms with E-state index in [1.807, 2.05) is 6.07 Å². The Kier molecular flexibility index (Phi) is 7.71. The number of aliphatic hydroxyl groups is 1. The molecule has 0 bridgehead atoms. The predicted molar refractivity (Wildman–Crippen MR) is 105 cm³/mol. The summed E-state index contributed by atoms with van der Waals surface area (Å²) in [7, 11) is 5.90. The third-order valence-corrected chi connectivity index (χ3v) is 4.43. The van der Waals surface area contributed by atoms with Gasteiger partial charge in [-0.1, -0.05) is 6.92 Å². The van der Waals surface area contributed by atoms with E-state index in [1.165, 1.54) is 21.3 Å². The molecule has 0 fully saturated rings. The van der Waals surface area contributed by atoms with Crippen LogP contribution >= 0.6 is 0 Å². The maximum absolute atomic E-state index is 12.2. The molecule has 0 aliphatic rings. The van der Waals surface area contributed by atoms with Crippen LogP contribution < -0.4 is 19.5 Å². The minimum atomic E-state index is -0.550. The molecule has 0 radical (unpaired) electrons. The monoisotopic (exact) mass is 392 g/mol. The van der Waals surface area contributed by atoms with Crippen LogP contribution in [0.2, 0.25) is 0 Å². The van der Waals surface area contributed by atoms with Crippen LogP contribution in [0.3, 0.4) is 0 Å². The van der Waals surface area contributed by atoms with E-state index in [1.54, 1.807) is 13.2 Å². The highest BCUT2D eigenvalue weighted by atomic mass is 16.5. The lowest BCUT2D eigenvalue weighted by atomic mass is 9.98. The van der Waals surface area contributed by atoms with Gasteiger partial charge in [-0.15, -0.1) is 0 Å². The normalized spacial score (nSPS) is 10.6. The van der Waals surface area contributed by atoms with Gasteiger partial charge in [0.2, 0.25) is 5.75 Å². The molecule has 1 aromatic heterocycles. The first-order chi connectivity index (χ1) is 13.6. The summed E-state index contributed by atoms with van der Waals surface area (Å²) in [6.07, 6.45) is 0.965. The first kappa shape index (κ1) is 21.6. The lowest BCUT2D eigenvalue weighted by Gasteiger charge is -2.17. The molecule has 0 atom stereocenters. The zero-order valence-corrected chi connectivity index (χ0v) is 17.0. The topological polar surface area (TPSA) is 102 Å². The fourth-order valence-electron chi connectivity index (χ4n) is 3.18. The number of benzene rings is 1. The minimum Gasteiger partial charge on any atom is -0.493 e. The van der Waals surface area contributed by atoms with Crippen LogP contribution in [-0.4, -0.2) is 51.0 Å². The fraction of sp³-hybridized carbons (Fsp3) is 0.450. The van der Waals surface area contributed by atoms with Crippen molar-refractivity contribution in [2.75, 3.05) is 35.0 Å². The molecule has 0 unspecified atom stereocenters. The van der Waals surface area contributed by atoms with Crippen LogP contribution in [0.4, 0.5) is 0 Å². The average molecular weight is 392 g/mol. The second-order valence-electron chi connectivity index (χ2n) is 6.04. The standard InChI is InChI=1S/C20H28N2O6/c1-6-9-21-10-14-16(13(11-23)17(22-14)20(24)28-5)12-7-8-15(25-2)19(27-4)18(12)26-3/h7-8,21-23H,6,9-11H2,1-5H3. The largest absolute Gasteiger partial charge is 0.493 e. The van der Waals surface area contributed by atoms with Gasteiger partial charge in [0.05, 0.1) is 35.0 Å². The predicted octanol–water partition coefficient (Wildman–Crippen LogP) is 2.49. The Bertz CT molecular complexity index is 816. The van der Waals surface area contributed by atoms with E-state index < -0.39 is 5.97 Å². The van der Waals surface area contributed by atoms with E-state index in [2.05, 4.69) is 17.2 Å². The molecule has 2 rings (SSSR count). The fourth-order valence-corrected chi connectivity index (χ4v) is 3.18. The number of aliphatic hydroxyl groups excluding tert-OH is 1. The van der Waals surface area contributed by atoms with Gasteiger partial charge in [0.25, 0.3) is 0 Å². The number of carbonyl (C=O) groups is 1. The molecule has 1 heterocycles. The van der Waals surface area contributed by atoms with E-state index in [0.717, 1.165) is 18.7 Å². The number of esters is 1. The highest BCUT2D eigenvalue weighted by Gasteiger charge is 2.27. The van der Waals surface area contributed by atoms with Crippen LogP contribution in [0.15, 0.2) is 12.1 Å². The summed E-state index contributed by atoms with van der Waals surface area (Å²) in [5, 5.41) is 13.3. The summed E-state index contributed by atoms with van der Waals surface area (Å²) in [6, 6.07) is 3.57. The number of hydrogen-bond acceptors (Lipinski definition) is 7. The molecule has 0 spiro atoms. The lowest BCUT2D eigenvalue weighted by molar-refractivity contribution is 0.0591. The Morgan fingerprint density at radius 3 is 2.36 bits per heavy atom. The molecule has 8 heteroatoms. The smallest absolute Gasteiger partial charge is 0.354 e. The summed E-state index contributed by atoms with van der Waals surface area (Å²) in [4.78, 5) is 15.3. The Balaban J connectivity index is 2.75. The maximum Gasteiger partial charge on any atom is 0.354 e. The van der Waals surface area contributed by atoms with Crippen LogP contribution in [0.1, 0.15) is 35.1 Å². The van der Waals surface area contributed by atoms with Gasteiger partial charge in [-0.3, -0.25) is 0 Å². The van der Waals surface area contributed by atoms with Crippen molar-refractivity contribution >= 4 is 5.97 Å². The van der Waals surface area contributed by atoms with Crippen LogP contribution in [-0.2, 0) is 17.9 Å². The summed E-state index contributed by atoms with van der Waals surface area (Å²) < 4.78 is 21.3. The number of methoxy groups -OCH3 is 4. The van der Waals surface area contributed by atoms with Gasteiger partial charge in [0, 0.05) is 28.9 Å². The average Bonchev–Trinajstić information content (AvgIpc) is 3.10. The molecule has 0 saturated carbocycles. The number of aromatic nitrogens is 1. The summed E-state index contributed by atoms with van der Waals surface area (Å²) in [5.41, 5.74) is 2.73. The molecule has 0 aliphatic carbocycles. The Labute approximate surface area is 164 Å². The number of ether oxygens (including phenoxy) is 4. The van der Waals surface area contributed by atoms with Gasteiger partial charge < -0.3 is 34.4 Å². The molecule has 0 aliphatic heterocycles. The SMILES string of the molecule is CCCNCc1[nH]c(C(=O)OC)c(CO)c1-c1ccc(OC)c(OC)c1OC. The van der Waals surface area contributed by atoms with E-state index in [9.17, 15) is 9.90 Å². The summed E-state index contributed by atoms with van der Waals surface area (Å²) >= 11 is 0. The zero-order valence-electron chi connectivity index (χ0n) is 17.0. The minimum absolute atomic E-state index is 0.213. The van der Waals surface area contributed by atoms with Crippen LogP contribution in [0, 0.1) is 0 Å². The van der Waals surface area contributed by atoms with Crippen molar-refractivity contribution in [3.8, 4) is 28.4 Å². The third kappa shape index (κ3) is 4.07. The highest BCUT2D eigenvalue weighted by Crippen LogP contribution is 2.46. The van der Waals surface area contributed by atoms with Gasteiger partial charge in [-0.2, -0.15) is 0 Å². The molecule has 0 amide bonds. The van der Waals surface area contributed by atoms with Crippen molar-refractivity contribution < 1.29 is 28.8 Å². The van der Waals surface area contributed by atoms with E-state index in [-0.39, 0.29) is 12.3 Å². The van der Waals surface area contributed by atoms with E-state index in [4.69, 9.17) is 18.9 Å². The zero-order chi connectivity index (χ0) is 20.7. The molecule has 154 valence electrons. The quantitative estimate of drug-likeness (QED) is 0.422. The second-order valence-corrected chi connectivity index (χ2v) is 6.04. The summed E-state index contributed by atoms with van der Waals surface area (Å²) in [6.45, 7) is 3.01.